The minimum absolute atomic E-state index is 0.0742. The molecule has 0 radical (unpaired) electrons. The summed E-state index contributed by atoms with van der Waals surface area (Å²) >= 11 is 1.45. The number of primary amides is 1. The number of Topliss-reactive ketones (excluding diaryl/α,β-unsaturated/α-hetero) is 1. The second kappa shape index (κ2) is 26.0. The predicted octanol–water partition coefficient (Wildman–Crippen LogP) is 8.04. The molecule has 5 aromatic carbocycles. The number of hydrogen-bond donors (Lipinski definition) is 6. The summed E-state index contributed by atoms with van der Waals surface area (Å²) in [5.41, 5.74) is 7.67. The van der Waals surface area contributed by atoms with E-state index in [9.17, 15) is 33.6 Å². The SMILES string of the molecule is CC(C)(C)OC(=O)N[C@@H](CCNC(=O)Oc1ccc(C[C@H](NC(=O)OC(C)(C)C)C(=O)Nc2ccccc2)cc1)C(=O)C[C@@H](CSC(c1ccccc1)(c1ccccc1)c1ccccc1)C(=O)NCC(N)=O. The maximum Gasteiger partial charge on any atom is 0.412 e. The highest BCUT2D eigenvalue weighted by atomic mass is 32.2. The second-order valence-corrected chi connectivity index (χ2v) is 20.1. The first kappa shape index (κ1) is 55.3. The molecule has 0 saturated heterocycles. The smallest absolute Gasteiger partial charge is 0.412 e. The number of para-hydroxylation sites is 1. The highest BCUT2D eigenvalue weighted by molar-refractivity contribution is 8.00. The highest BCUT2D eigenvalue weighted by Crippen LogP contribution is 2.49. The van der Waals surface area contributed by atoms with Crippen LogP contribution in [0.5, 0.6) is 5.75 Å². The number of anilines is 1. The zero-order chi connectivity index (χ0) is 52.3. The fourth-order valence-corrected chi connectivity index (χ4v) is 9.12. The molecule has 17 heteroatoms. The van der Waals surface area contributed by atoms with E-state index in [2.05, 4.69) is 26.6 Å². The van der Waals surface area contributed by atoms with Crippen molar-refractivity contribution in [2.75, 3.05) is 24.2 Å². The Morgan fingerprint density at radius 2 is 1.04 bits per heavy atom. The maximum absolute atomic E-state index is 14.4. The van der Waals surface area contributed by atoms with E-state index in [1.54, 1.807) is 77.9 Å². The van der Waals surface area contributed by atoms with Gasteiger partial charge in [0.15, 0.2) is 5.78 Å². The van der Waals surface area contributed by atoms with E-state index < -0.39 is 82.3 Å². The van der Waals surface area contributed by atoms with Gasteiger partial charge in [0, 0.05) is 30.8 Å². The standard InChI is InChI=1S/C55H64N6O10S/c1-53(2,3)70-51(67)60-44(31-32-57-50(66)69-43-29-27-37(28-30-43)33-45(61-52(68)71-54(4,5)6)49(65)59-42-25-17-10-18-26-42)46(62)34-38(48(64)58-35-47(56)63)36-72-55(39-19-11-7-12-20-39,40-21-13-8-14-22-40)41-23-15-9-16-24-41/h7-30,38,44-45H,31-36H2,1-6H3,(H2,56,63)(H,57,66)(H,58,64)(H,59,65)(H,60,67)(H,61,68)/t38-,44-,45-/m0/s1. The summed E-state index contributed by atoms with van der Waals surface area (Å²) in [6.07, 6.45) is -2.93. The minimum atomic E-state index is -1.24. The van der Waals surface area contributed by atoms with Crippen molar-refractivity contribution in [1.29, 1.82) is 0 Å². The van der Waals surface area contributed by atoms with Gasteiger partial charge in [-0.2, -0.15) is 0 Å². The Kier molecular flexibility index (Phi) is 19.9. The number of carbonyl (C=O) groups excluding carboxylic acids is 7. The van der Waals surface area contributed by atoms with Crippen LogP contribution < -0.4 is 37.1 Å². The summed E-state index contributed by atoms with van der Waals surface area (Å²) < 4.78 is 15.6. The van der Waals surface area contributed by atoms with E-state index in [1.165, 1.54) is 23.9 Å². The average molecular weight is 1000 g/mol. The number of carbonyl (C=O) groups is 7. The van der Waals surface area contributed by atoms with E-state index in [0.29, 0.717) is 11.3 Å². The Labute approximate surface area is 424 Å². The van der Waals surface area contributed by atoms with Crippen molar-refractivity contribution >= 4 is 59.2 Å². The molecular weight excluding hydrogens is 937 g/mol. The Hall–Kier alpha value is -7.66. The lowest BCUT2D eigenvalue weighted by Crippen LogP contribution is -2.47. The fourth-order valence-electron chi connectivity index (χ4n) is 7.49. The van der Waals surface area contributed by atoms with Crippen molar-refractivity contribution in [3.63, 3.8) is 0 Å². The van der Waals surface area contributed by atoms with Crippen LogP contribution in [0.2, 0.25) is 0 Å². The molecule has 0 aromatic heterocycles. The van der Waals surface area contributed by atoms with Crippen molar-refractivity contribution in [2.24, 2.45) is 11.7 Å². The summed E-state index contributed by atoms with van der Waals surface area (Å²) in [6.45, 7) is 9.55. The van der Waals surface area contributed by atoms with Crippen molar-refractivity contribution < 1.29 is 47.8 Å². The number of ketones is 1. The molecule has 7 N–H and O–H groups in total. The molecule has 16 nitrogen and oxygen atoms in total. The van der Waals surface area contributed by atoms with Gasteiger partial charge in [0.2, 0.25) is 17.7 Å². The largest absolute Gasteiger partial charge is 0.444 e. The first-order valence-electron chi connectivity index (χ1n) is 23.5. The maximum atomic E-state index is 14.4. The molecule has 0 heterocycles. The van der Waals surface area contributed by atoms with Crippen LogP contribution in [0.15, 0.2) is 146 Å². The Morgan fingerprint density at radius 1 is 0.569 bits per heavy atom. The minimum Gasteiger partial charge on any atom is -0.444 e. The lowest BCUT2D eigenvalue weighted by molar-refractivity contribution is -0.130. The number of benzene rings is 5. The third-order valence-corrected chi connectivity index (χ3v) is 12.4. The van der Waals surface area contributed by atoms with E-state index in [-0.39, 0.29) is 37.3 Å². The van der Waals surface area contributed by atoms with Gasteiger partial charge in [-0.3, -0.25) is 19.2 Å². The van der Waals surface area contributed by atoms with Gasteiger partial charge in [0.05, 0.1) is 23.3 Å². The third-order valence-electron chi connectivity index (χ3n) is 10.7. The molecular formula is C55H64N6O10S. The van der Waals surface area contributed by atoms with Gasteiger partial charge in [-0.15, -0.1) is 11.8 Å². The summed E-state index contributed by atoms with van der Waals surface area (Å²) in [4.78, 5) is 92.6. The normalized spacial score (nSPS) is 12.7. The van der Waals surface area contributed by atoms with Gasteiger partial charge >= 0.3 is 18.3 Å². The molecule has 0 aliphatic rings. The highest BCUT2D eigenvalue weighted by Gasteiger charge is 2.39. The van der Waals surface area contributed by atoms with E-state index >= 15 is 0 Å². The van der Waals surface area contributed by atoms with Crippen LogP contribution in [0.4, 0.5) is 20.1 Å². The van der Waals surface area contributed by atoms with Gasteiger partial charge in [0.1, 0.15) is 23.0 Å². The molecule has 6 amide bonds. The van der Waals surface area contributed by atoms with Crippen LogP contribution in [0.25, 0.3) is 0 Å². The first-order valence-corrected chi connectivity index (χ1v) is 24.5. The summed E-state index contributed by atoms with van der Waals surface area (Å²) in [7, 11) is 0. The molecule has 0 aliphatic heterocycles. The lowest BCUT2D eigenvalue weighted by Gasteiger charge is -2.36. The molecule has 0 bridgehead atoms. The number of ether oxygens (including phenoxy) is 3. The third kappa shape index (κ3) is 17.6. The quantitative estimate of drug-likeness (QED) is 0.0363. The van der Waals surface area contributed by atoms with Gasteiger partial charge in [0.25, 0.3) is 0 Å². The Balaban J connectivity index is 1.30. The molecule has 5 rings (SSSR count). The number of nitrogens with one attached hydrogen (secondary N) is 5. The van der Waals surface area contributed by atoms with Crippen molar-refractivity contribution in [3.05, 3.63) is 168 Å². The molecule has 72 heavy (non-hydrogen) atoms. The summed E-state index contributed by atoms with van der Waals surface area (Å²) in [6, 6.07) is 42.3. The van der Waals surface area contributed by atoms with Crippen LogP contribution in [-0.4, -0.2) is 83.9 Å². The van der Waals surface area contributed by atoms with E-state index in [4.69, 9.17) is 19.9 Å². The monoisotopic (exact) mass is 1000 g/mol. The van der Waals surface area contributed by atoms with Gasteiger partial charge in [-0.25, -0.2) is 14.4 Å². The molecule has 0 fully saturated rings. The zero-order valence-corrected chi connectivity index (χ0v) is 42.2. The molecule has 5 aromatic rings. The Morgan fingerprint density at radius 3 is 1.51 bits per heavy atom. The van der Waals surface area contributed by atoms with Gasteiger partial charge in [-0.1, -0.05) is 121 Å². The lowest BCUT2D eigenvalue weighted by atomic mass is 9.84. The number of hydrogen-bond acceptors (Lipinski definition) is 11. The van der Waals surface area contributed by atoms with Crippen LogP contribution in [-0.2, 0) is 39.8 Å². The fraction of sp³-hybridized carbons (Fsp3) is 0.327. The second-order valence-electron chi connectivity index (χ2n) is 18.8. The van der Waals surface area contributed by atoms with Gasteiger partial charge in [-0.05, 0) is 94.5 Å². The predicted molar refractivity (Wildman–Crippen MR) is 277 cm³/mol. The molecule has 0 aliphatic carbocycles. The number of rotatable bonds is 22. The van der Waals surface area contributed by atoms with Crippen LogP contribution >= 0.6 is 11.8 Å². The zero-order valence-electron chi connectivity index (χ0n) is 41.4. The first-order chi connectivity index (χ1) is 34.2. The van der Waals surface area contributed by atoms with Gasteiger partial charge < -0.3 is 46.5 Å². The molecule has 3 atom stereocenters. The van der Waals surface area contributed by atoms with Crippen molar-refractivity contribution in [2.45, 2.75) is 88.8 Å². The van der Waals surface area contributed by atoms with E-state index in [0.717, 1.165) is 16.7 Å². The van der Waals surface area contributed by atoms with Crippen LogP contribution in [0, 0.1) is 5.92 Å². The number of thioether (sulfide) groups is 1. The van der Waals surface area contributed by atoms with Crippen molar-refractivity contribution in [3.8, 4) is 5.75 Å². The Bertz CT molecular complexity index is 2490. The number of alkyl carbamates (subject to hydrolysis) is 2. The molecule has 0 spiro atoms. The molecule has 0 saturated carbocycles. The number of amides is 6. The topological polar surface area (TPSA) is 233 Å². The van der Waals surface area contributed by atoms with Crippen LogP contribution in [0.1, 0.15) is 76.6 Å². The molecule has 0 unspecified atom stereocenters. The summed E-state index contributed by atoms with van der Waals surface area (Å²) in [5, 5.41) is 13.3. The molecule has 380 valence electrons. The number of nitrogens with two attached hydrogens (primary N) is 1. The summed E-state index contributed by atoms with van der Waals surface area (Å²) in [5.74, 6) is -3.15. The average Bonchev–Trinajstić information content (AvgIpc) is 3.33. The van der Waals surface area contributed by atoms with Crippen molar-refractivity contribution in [1.82, 2.24) is 21.3 Å². The van der Waals surface area contributed by atoms with E-state index in [1.807, 2.05) is 97.1 Å². The van der Waals surface area contributed by atoms with Crippen LogP contribution in [0.3, 0.4) is 0 Å².